The highest BCUT2D eigenvalue weighted by Gasteiger charge is 2.11. The molecule has 0 aromatic carbocycles. The highest BCUT2D eigenvalue weighted by molar-refractivity contribution is 6.30. The lowest BCUT2D eigenvalue weighted by Gasteiger charge is -2.12. The van der Waals surface area contributed by atoms with Crippen molar-refractivity contribution in [2.75, 3.05) is 28.3 Å². The van der Waals surface area contributed by atoms with Crippen molar-refractivity contribution in [3.63, 3.8) is 0 Å². The molecule has 2 heterocycles. The molecular weight excluding hydrogens is 423 g/mol. The van der Waals surface area contributed by atoms with Gasteiger partial charge in [-0.15, -0.1) is 0 Å². The van der Waals surface area contributed by atoms with Crippen molar-refractivity contribution < 1.29 is 24.4 Å². The number of pyridine rings is 2. The Labute approximate surface area is 181 Å². The summed E-state index contributed by atoms with van der Waals surface area (Å²) < 4.78 is 0. The van der Waals surface area contributed by atoms with Crippen LogP contribution in [0.2, 0.25) is 10.3 Å². The molecule has 0 atom stereocenters. The summed E-state index contributed by atoms with van der Waals surface area (Å²) in [4.78, 5) is 38.1. The van der Waals surface area contributed by atoms with Gasteiger partial charge in [0.15, 0.2) is 0 Å². The van der Waals surface area contributed by atoms with E-state index in [0.717, 1.165) is 5.06 Å². The van der Waals surface area contributed by atoms with Crippen LogP contribution in [0.25, 0.3) is 0 Å². The van der Waals surface area contributed by atoms with Gasteiger partial charge in [0.25, 0.3) is 5.91 Å². The third-order valence-corrected chi connectivity index (χ3v) is 3.12. The molecule has 29 heavy (non-hydrogen) atoms. The smallest absolute Gasteiger partial charge is 0.335 e. The molecule has 0 bridgehead atoms. The van der Waals surface area contributed by atoms with E-state index in [1.165, 1.54) is 44.8 Å². The molecule has 1 amide bonds. The topological polar surface area (TPSA) is 114 Å². The molecule has 0 saturated carbocycles. The first-order valence-corrected chi connectivity index (χ1v) is 8.00. The molecule has 0 spiro atoms. The number of rotatable bonds is 4. The highest BCUT2D eigenvalue weighted by atomic mass is 35.5. The van der Waals surface area contributed by atoms with Crippen molar-refractivity contribution in [1.82, 2.24) is 20.5 Å². The first-order valence-electron chi connectivity index (χ1n) is 7.25. The summed E-state index contributed by atoms with van der Waals surface area (Å²) in [6.45, 7) is 0. The van der Waals surface area contributed by atoms with Crippen molar-refractivity contribution in [3.8, 4) is 0 Å². The van der Waals surface area contributed by atoms with Gasteiger partial charge in [-0.1, -0.05) is 38.1 Å². The molecule has 164 valence electrons. The number of aromatic carboxylic acids is 1. The Kier molecular flexibility index (Phi) is 19.2. The maximum absolute atomic E-state index is 11.4. The second-order valence-corrected chi connectivity index (χ2v) is 5.21. The maximum Gasteiger partial charge on any atom is 0.335 e. The predicted molar refractivity (Wildman–Crippen MR) is 114 cm³/mol. The Hall–Kier alpha value is -2.30. The first kappa shape index (κ1) is 31.4. The van der Waals surface area contributed by atoms with Gasteiger partial charge in [-0.05, 0) is 24.3 Å². The van der Waals surface area contributed by atoms with E-state index in [4.69, 9.17) is 33.1 Å². The van der Waals surface area contributed by atoms with E-state index in [2.05, 4.69) is 20.3 Å². The number of carbonyl (C=O) groups excluding carboxylic acids is 1. The van der Waals surface area contributed by atoms with Crippen LogP contribution in [0.15, 0.2) is 36.7 Å². The Morgan fingerprint density at radius 3 is 1.76 bits per heavy atom. The normalized spacial score (nSPS) is 8.62. The van der Waals surface area contributed by atoms with E-state index in [0.29, 0.717) is 5.56 Å². The number of nitrogens with one attached hydrogen (secondary N) is 1. The average molecular weight is 451 g/mol. The molecule has 0 saturated heterocycles. The minimum absolute atomic E-state index is 0. The summed E-state index contributed by atoms with van der Waals surface area (Å²) in [5.74, 6) is -1.25. The fourth-order valence-electron chi connectivity index (χ4n) is 1.34. The Morgan fingerprint density at radius 1 is 1.03 bits per heavy atom. The summed E-state index contributed by atoms with van der Waals surface area (Å²) in [7, 11) is 6.22. The molecule has 0 aliphatic rings. The number of halogens is 2. The summed E-state index contributed by atoms with van der Waals surface area (Å²) in [5.41, 5.74) is 3.03. The van der Waals surface area contributed by atoms with Gasteiger partial charge in [0.1, 0.15) is 10.3 Å². The maximum atomic E-state index is 11.4. The summed E-state index contributed by atoms with van der Waals surface area (Å²) in [5, 5.41) is 10.0. The van der Waals surface area contributed by atoms with Gasteiger partial charge in [0, 0.05) is 32.1 Å². The lowest BCUT2D eigenvalue weighted by atomic mass is 10.2. The van der Waals surface area contributed by atoms with E-state index in [9.17, 15) is 9.59 Å². The SMILES string of the molecule is C.C.CNOC.CON(C)C(=O)c1ccnc(Cl)c1.O=C(O)c1ccnc(Cl)c1. The molecule has 2 aromatic rings. The monoisotopic (exact) mass is 450 g/mol. The molecule has 0 radical (unpaired) electrons. The van der Waals surface area contributed by atoms with Crippen LogP contribution in [-0.4, -0.2) is 60.3 Å². The fraction of sp³-hybridized carbons (Fsp3) is 0.333. The summed E-state index contributed by atoms with van der Waals surface area (Å²) >= 11 is 11.0. The van der Waals surface area contributed by atoms with Crippen LogP contribution in [0.1, 0.15) is 35.6 Å². The fourth-order valence-corrected chi connectivity index (χ4v) is 1.68. The third-order valence-electron chi connectivity index (χ3n) is 2.71. The molecule has 2 aromatic heterocycles. The molecule has 0 aliphatic carbocycles. The van der Waals surface area contributed by atoms with Crippen LogP contribution in [-0.2, 0) is 9.68 Å². The lowest BCUT2D eigenvalue weighted by molar-refractivity contribution is -0.0757. The zero-order valence-electron chi connectivity index (χ0n) is 15.1. The zero-order valence-corrected chi connectivity index (χ0v) is 16.7. The van der Waals surface area contributed by atoms with Crippen molar-refractivity contribution in [2.45, 2.75) is 14.9 Å². The van der Waals surface area contributed by atoms with Crippen LogP contribution in [0.3, 0.4) is 0 Å². The summed E-state index contributed by atoms with van der Waals surface area (Å²) in [6.07, 6.45) is 2.82. The molecule has 0 aliphatic heterocycles. The molecule has 11 heteroatoms. The number of nitrogens with zero attached hydrogens (tertiary/aromatic N) is 3. The van der Waals surface area contributed by atoms with Crippen molar-refractivity contribution >= 4 is 35.1 Å². The number of aromatic nitrogens is 2. The Morgan fingerprint density at radius 2 is 1.45 bits per heavy atom. The molecular formula is C18H28Cl2N4O5. The largest absolute Gasteiger partial charge is 0.478 e. The van der Waals surface area contributed by atoms with Crippen molar-refractivity contribution in [3.05, 3.63) is 58.1 Å². The van der Waals surface area contributed by atoms with Crippen LogP contribution < -0.4 is 5.48 Å². The Bertz CT molecular complexity index is 733. The van der Waals surface area contributed by atoms with Gasteiger partial charge in [-0.25, -0.2) is 25.3 Å². The van der Waals surface area contributed by atoms with E-state index in [1.54, 1.807) is 20.2 Å². The van der Waals surface area contributed by atoms with Crippen LogP contribution >= 0.6 is 23.2 Å². The van der Waals surface area contributed by atoms with E-state index in [1.807, 2.05) is 0 Å². The standard InChI is InChI=1S/C8H9ClN2O2.C6H4ClNO2.C2H7NO.2CH4/c1-11(13-2)8(12)6-3-4-10-7(9)5-6;7-5-3-4(6(9)10)1-2-8-5;1-3-4-2;;/h3-5H,1-2H3;1-3H,(H,9,10);3H,1-2H3;2*1H4. The second kappa shape index (κ2) is 17.8. The summed E-state index contributed by atoms with van der Waals surface area (Å²) in [6, 6.07) is 5.74. The minimum Gasteiger partial charge on any atom is -0.478 e. The number of hydrogen-bond acceptors (Lipinski definition) is 7. The molecule has 2 rings (SSSR count). The molecule has 2 N–H and O–H groups in total. The zero-order chi connectivity index (χ0) is 20.8. The van der Waals surface area contributed by atoms with Crippen LogP contribution in [0.4, 0.5) is 0 Å². The minimum atomic E-state index is -0.996. The molecule has 0 unspecified atom stereocenters. The quantitative estimate of drug-likeness (QED) is 0.533. The number of amides is 1. The van der Waals surface area contributed by atoms with Gasteiger partial charge in [0.05, 0.1) is 19.8 Å². The van der Waals surface area contributed by atoms with E-state index >= 15 is 0 Å². The lowest BCUT2D eigenvalue weighted by Crippen LogP contribution is -2.25. The van der Waals surface area contributed by atoms with Gasteiger partial charge < -0.3 is 9.94 Å². The predicted octanol–water partition coefficient (Wildman–Crippen LogP) is 3.84. The highest BCUT2D eigenvalue weighted by Crippen LogP contribution is 2.09. The second-order valence-electron chi connectivity index (χ2n) is 4.43. The van der Waals surface area contributed by atoms with Gasteiger partial charge >= 0.3 is 5.97 Å². The number of carboxylic acids is 1. The number of hydroxylamine groups is 3. The molecule has 0 fully saturated rings. The number of carboxylic acid groups (broad SMARTS) is 1. The Balaban J connectivity index is -0.000000379. The molecule has 9 nitrogen and oxygen atoms in total. The van der Waals surface area contributed by atoms with Crippen LogP contribution in [0, 0.1) is 0 Å². The average Bonchev–Trinajstić information content (AvgIpc) is 2.67. The van der Waals surface area contributed by atoms with Crippen molar-refractivity contribution in [2.24, 2.45) is 0 Å². The number of carbonyl (C=O) groups is 2. The van der Waals surface area contributed by atoms with E-state index in [-0.39, 0.29) is 36.6 Å². The van der Waals surface area contributed by atoms with Gasteiger partial charge in [-0.3, -0.25) is 9.63 Å². The van der Waals surface area contributed by atoms with E-state index < -0.39 is 5.97 Å². The number of hydrogen-bond donors (Lipinski definition) is 2. The van der Waals surface area contributed by atoms with Crippen LogP contribution in [0.5, 0.6) is 0 Å². The van der Waals surface area contributed by atoms with Crippen molar-refractivity contribution in [1.29, 1.82) is 0 Å². The third kappa shape index (κ3) is 13.5. The first-order chi connectivity index (χ1) is 12.8. The van der Waals surface area contributed by atoms with Gasteiger partial charge in [0.2, 0.25) is 0 Å². The van der Waals surface area contributed by atoms with Gasteiger partial charge in [-0.2, -0.15) is 0 Å².